The van der Waals surface area contributed by atoms with Crippen LogP contribution in [0.1, 0.15) is 27.7 Å². The summed E-state index contributed by atoms with van der Waals surface area (Å²) in [6.45, 7) is 20.4. The molecule has 8 heteroatoms. The maximum atomic E-state index is 12.2. The van der Waals surface area contributed by atoms with Crippen molar-refractivity contribution >= 4 is 23.9 Å². The first-order chi connectivity index (χ1) is 19.7. The molecular weight excluding hydrogens is 536 g/mol. The molecule has 0 saturated carbocycles. The summed E-state index contributed by atoms with van der Waals surface area (Å²) >= 11 is 0. The third-order valence-electron chi connectivity index (χ3n) is 5.55. The van der Waals surface area contributed by atoms with Crippen molar-refractivity contribution < 1.29 is 38.1 Å². The number of benzene rings is 3. The van der Waals surface area contributed by atoms with Crippen LogP contribution < -0.4 is 18.9 Å². The number of rotatable bonds is 10. The molecule has 0 radical (unpaired) electrons. The van der Waals surface area contributed by atoms with Gasteiger partial charge in [-0.25, -0.2) is 19.2 Å². The summed E-state index contributed by atoms with van der Waals surface area (Å²) in [7, 11) is 0. The quantitative estimate of drug-likeness (QED) is 0.148. The van der Waals surface area contributed by atoms with E-state index in [0.29, 0.717) is 22.3 Å². The Hall–Kier alpha value is -5.50. The van der Waals surface area contributed by atoms with E-state index in [1.807, 2.05) is 0 Å². The van der Waals surface area contributed by atoms with E-state index >= 15 is 0 Å². The summed E-state index contributed by atoms with van der Waals surface area (Å²) in [5.41, 5.74) is 3.42. The highest BCUT2D eigenvalue weighted by Crippen LogP contribution is 2.34. The molecule has 3 rings (SSSR count). The summed E-state index contributed by atoms with van der Waals surface area (Å²) in [6, 6.07) is 16.5. The minimum atomic E-state index is -0.630. The van der Waals surface area contributed by atoms with Crippen LogP contribution in [0.5, 0.6) is 23.0 Å². The van der Waals surface area contributed by atoms with Gasteiger partial charge in [0.2, 0.25) is 0 Å². The molecule has 0 unspecified atom stereocenters. The van der Waals surface area contributed by atoms with E-state index in [-0.39, 0.29) is 45.3 Å². The molecule has 0 aliphatic carbocycles. The molecule has 0 aromatic heterocycles. The van der Waals surface area contributed by atoms with Crippen molar-refractivity contribution in [2.75, 3.05) is 0 Å². The lowest BCUT2D eigenvalue weighted by atomic mass is 9.99. The van der Waals surface area contributed by atoms with E-state index in [9.17, 15) is 19.2 Å². The monoisotopic (exact) mass is 566 g/mol. The molecule has 42 heavy (non-hydrogen) atoms. The number of carbonyl (C=O) groups is 4. The summed E-state index contributed by atoms with van der Waals surface area (Å²) in [5.74, 6) is -1.89. The fourth-order valence-corrected chi connectivity index (χ4v) is 3.34. The molecule has 0 amide bonds. The topological polar surface area (TPSA) is 105 Å². The molecule has 0 aliphatic heterocycles. The lowest BCUT2D eigenvalue weighted by Gasteiger charge is -2.13. The van der Waals surface area contributed by atoms with Crippen LogP contribution >= 0.6 is 0 Å². The van der Waals surface area contributed by atoms with Gasteiger partial charge in [-0.2, -0.15) is 0 Å². The Morgan fingerprint density at radius 3 is 0.810 bits per heavy atom. The van der Waals surface area contributed by atoms with E-state index in [2.05, 4.69) is 26.3 Å². The lowest BCUT2D eigenvalue weighted by molar-refractivity contribution is -0.131. The summed E-state index contributed by atoms with van der Waals surface area (Å²) in [6.07, 6.45) is 0. The van der Waals surface area contributed by atoms with Crippen LogP contribution in [0.25, 0.3) is 22.3 Å². The molecule has 8 nitrogen and oxygen atoms in total. The highest BCUT2D eigenvalue weighted by Gasteiger charge is 2.15. The summed E-state index contributed by atoms with van der Waals surface area (Å²) in [5, 5.41) is 0. The van der Waals surface area contributed by atoms with Crippen LogP contribution in [0.15, 0.2) is 109 Å². The van der Waals surface area contributed by atoms with Crippen molar-refractivity contribution in [3.05, 3.63) is 109 Å². The Balaban J connectivity index is 2.02. The lowest BCUT2D eigenvalue weighted by Crippen LogP contribution is -2.10. The first kappa shape index (κ1) is 31.0. The minimum absolute atomic E-state index is 0.157. The zero-order chi connectivity index (χ0) is 31.1. The van der Waals surface area contributed by atoms with Gasteiger partial charge in [-0.05, 0) is 74.2 Å². The second-order valence-electron chi connectivity index (χ2n) is 9.64. The van der Waals surface area contributed by atoms with Gasteiger partial charge in [-0.3, -0.25) is 0 Å². The molecule has 0 aliphatic rings. The number of hydrogen-bond acceptors (Lipinski definition) is 8. The number of ether oxygens (including phenoxy) is 4. The largest absolute Gasteiger partial charge is 0.423 e. The van der Waals surface area contributed by atoms with E-state index in [0.717, 1.165) is 0 Å². The average Bonchev–Trinajstić information content (AvgIpc) is 2.92. The van der Waals surface area contributed by atoms with Crippen molar-refractivity contribution in [1.82, 2.24) is 0 Å². The predicted molar refractivity (Wildman–Crippen MR) is 159 cm³/mol. The first-order valence-corrected chi connectivity index (χ1v) is 12.6. The van der Waals surface area contributed by atoms with Crippen molar-refractivity contribution in [3.8, 4) is 45.3 Å². The molecule has 3 aromatic rings. The normalized spacial score (nSPS) is 10.2. The van der Waals surface area contributed by atoms with Crippen molar-refractivity contribution in [2.45, 2.75) is 27.7 Å². The van der Waals surface area contributed by atoms with Crippen LogP contribution in [0, 0.1) is 0 Å². The van der Waals surface area contributed by atoms with Gasteiger partial charge in [0.05, 0.1) is 0 Å². The molecular formula is C34H30O8. The van der Waals surface area contributed by atoms with Crippen molar-refractivity contribution in [2.24, 2.45) is 0 Å². The molecule has 0 saturated heterocycles. The molecule has 214 valence electrons. The van der Waals surface area contributed by atoms with Crippen LogP contribution in [0.4, 0.5) is 0 Å². The standard InChI is InChI=1S/C34H30O8/c1-19(2)31(35)39-27-13-25(14-28(17-27)40-32(36)20(3)4)23-9-11-24(12-10-23)26-15-29(41-33(37)21(5)6)18-30(16-26)42-34(38)22(7)8/h9-18H,1,3,5,7H2,2,4,6,8H3. The Bertz CT molecular complexity index is 1430. The molecule has 0 fully saturated rings. The maximum absolute atomic E-state index is 12.2. The van der Waals surface area contributed by atoms with Gasteiger partial charge >= 0.3 is 23.9 Å². The Morgan fingerprint density at radius 2 is 0.619 bits per heavy atom. The second kappa shape index (κ2) is 13.2. The van der Waals surface area contributed by atoms with Gasteiger partial charge in [0.15, 0.2) is 0 Å². The minimum Gasteiger partial charge on any atom is -0.423 e. The molecule has 0 spiro atoms. The number of esters is 4. The van der Waals surface area contributed by atoms with Gasteiger partial charge in [-0.1, -0.05) is 50.6 Å². The van der Waals surface area contributed by atoms with Gasteiger partial charge in [0, 0.05) is 34.4 Å². The van der Waals surface area contributed by atoms with Crippen LogP contribution in [-0.4, -0.2) is 23.9 Å². The van der Waals surface area contributed by atoms with Crippen LogP contribution in [-0.2, 0) is 19.2 Å². The Labute approximate surface area is 244 Å². The van der Waals surface area contributed by atoms with E-state index in [1.165, 1.54) is 39.8 Å². The predicted octanol–water partition coefficient (Wildman–Crippen LogP) is 6.95. The van der Waals surface area contributed by atoms with Crippen molar-refractivity contribution in [3.63, 3.8) is 0 Å². The highest BCUT2D eigenvalue weighted by molar-refractivity contribution is 5.91. The van der Waals surface area contributed by atoms with E-state index in [1.54, 1.807) is 48.5 Å². The zero-order valence-corrected chi connectivity index (χ0v) is 23.9. The Kier molecular flexibility index (Phi) is 9.78. The highest BCUT2D eigenvalue weighted by atomic mass is 16.6. The van der Waals surface area contributed by atoms with Crippen LogP contribution in [0.3, 0.4) is 0 Å². The third kappa shape index (κ3) is 8.25. The summed E-state index contributed by atoms with van der Waals surface area (Å²) < 4.78 is 21.6. The molecule has 3 aromatic carbocycles. The van der Waals surface area contributed by atoms with Crippen LogP contribution in [0.2, 0.25) is 0 Å². The third-order valence-corrected chi connectivity index (χ3v) is 5.55. The fraction of sp³-hybridized carbons (Fsp3) is 0.118. The number of carbonyl (C=O) groups excluding carboxylic acids is 4. The first-order valence-electron chi connectivity index (χ1n) is 12.6. The van der Waals surface area contributed by atoms with Gasteiger partial charge in [0.25, 0.3) is 0 Å². The summed E-state index contributed by atoms with van der Waals surface area (Å²) in [4.78, 5) is 48.6. The molecule has 0 N–H and O–H groups in total. The average molecular weight is 567 g/mol. The zero-order valence-electron chi connectivity index (χ0n) is 23.9. The maximum Gasteiger partial charge on any atom is 0.338 e. The second-order valence-corrected chi connectivity index (χ2v) is 9.64. The Morgan fingerprint density at radius 1 is 0.405 bits per heavy atom. The number of hydrogen-bond donors (Lipinski definition) is 0. The van der Waals surface area contributed by atoms with E-state index < -0.39 is 23.9 Å². The SMILES string of the molecule is C=C(C)C(=O)Oc1cc(OC(=O)C(=C)C)cc(-c2ccc(-c3cc(OC(=O)C(=C)C)cc(OC(=O)C(=C)C)c3)cc2)c1. The van der Waals surface area contributed by atoms with Crippen molar-refractivity contribution in [1.29, 1.82) is 0 Å². The fourth-order valence-electron chi connectivity index (χ4n) is 3.34. The smallest absolute Gasteiger partial charge is 0.338 e. The molecule has 0 bridgehead atoms. The molecule has 0 heterocycles. The van der Waals surface area contributed by atoms with Gasteiger partial charge < -0.3 is 18.9 Å². The molecule has 0 atom stereocenters. The van der Waals surface area contributed by atoms with Gasteiger partial charge in [-0.15, -0.1) is 0 Å². The van der Waals surface area contributed by atoms with Gasteiger partial charge in [0.1, 0.15) is 23.0 Å². The van der Waals surface area contributed by atoms with E-state index in [4.69, 9.17) is 18.9 Å².